The van der Waals surface area contributed by atoms with Gasteiger partial charge < -0.3 is 15.6 Å². The average Bonchev–Trinajstić information content (AvgIpc) is 2.99. The Morgan fingerprint density at radius 1 is 1.17 bits per heavy atom. The summed E-state index contributed by atoms with van der Waals surface area (Å²) in [6.07, 6.45) is 6.53. The molecule has 1 heterocycles. The molecule has 23 heavy (non-hydrogen) atoms. The predicted octanol–water partition coefficient (Wildman–Crippen LogP) is 2.80. The van der Waals surface area contributed by atoms with Gasteiger partial charge in [0.2, 0.25) is 0 Å². The maximum atomic E-state index is 4.60. The van der Waals surface area contributed by atoms with Gasteiger partial charge in [-0.05, 0) is 43.4 Å². The Kier molecular flexibility index (Phi) is 7.80. The molecule has 126 valence electrons. The summed E-state index contributed by atoms with van der Waals surface area (Å²) < 4.78 is 0. The summed E-state index contributed by atoms with van der Waals surface area (Å²) in [6, 6.07) is 8.15. The van der Waals surface area contributed by atoms with Gasteiger partial charge in [-0.25, -0.2) is 4.98 Å². The van der Waals surface area contributed by atoms with Crippen molar-refractivity contribution in [2.75, 3.05) is 32.1 Å². The summed E-state index contributed by atoms with van der Waals surface area (Å²) in [6.45, 7) is 1.87. The van der Waals surface area contributed by atoms with Crippen molar-refractivity contribution >= 4 is 28.8 Å². The highest BCUT2D eigenvalue weighted by atomic mass is 32.2. The predicted molar refractivity (Wildman–Crippen MR) is 101 cm³/mol. The van der Waals surface area contributed by atoms with Gasteiger partial charge >= 0.3 is 0 Å². The van der Waals surface area contributed by atoms with Crippen LogP contribution in [-0.4, -0.2) is 48.1 Å². The third kappa shape index (κ3) is 6.14. The minimum atomic E-state index is 0.888. The molecule has 1 aromatic carbocycles. The number of rotatable bonds is 9. The highest BCUT2D eigenvalue weighted by molar-refractivity contribution is 7.98. The van der Waals surface area contributed by atoms with Crippen LogP contribution in [0.2, 0.25) is 0 Å². The number of nitrogens with zero attached hydrogens (tertiary/aromatic N) is 2. The van der Waals surface area contributed by atoms with Crippen molar-refractivity contribution < 1.29 is 0 Å². The van der Waals surface area contributed by atoms with Gasteiger partial charge in [0.15, 0.2) is 5.96 Å². The first-order chi connectivity index (χ1) is 11.3. The van der Waals surface area contributed by atoms with Crippen molar-refractivity contribution in [3.8, 4) is 0 Å². The molecule has 0 atom stereocenters. The number of benzene rings is 1. The molecule has 0 saturated carbocycles. The fraction of sp³-hybridized carbons (Fsp3) is 0.529. The molecule has 0 saturated heterocycles. The van der Waals surface area contributed by atoms with Crippen molar-refractivity contribution in [3.05, 3.63) is 30.1 Å². The number of hydrogen-bond donors (Lipinski definition) is 3. The SMILES string of the molecule is CN=C(NCCCCSC)NCCCc1nc2ccccc2[nH]1. The maximum Gasteiger partial charge on any atom is 0.190 e. The Bertz CT molecular complexity index is 575. The summed E-state index contributed by atoms with van der Waals surface area (Å²) in [7, 11) is 1.82. The number of H-pyrrole nitrogens is 1. The highest BCUT2D eigenvalue weighted by Gasteiger charge is 2.02. The molecule has 0 fully saturated rings. The first kappa shape index (κ1) is 17.7. The number of aryl methyl sites for hydroxylation is 1. The van der Waals surface area contributed by atoms with Crippen LogP contribution in [0.1, 0.15) is 25.1 Å². The molecule has 0 amide bonds. The highest BCUT2D eigenvalue weighted by Crippen LogP contribution is 2.10. The van der Waals surface area contributed by atoms with E-state index in [0.29, 0.717) is 0 Å². The van der Waals surface area contributed by atoms with Crippen LogP contribution < -0.4 is 10.6 Å². The number of thioether (sulfide) groups is 1. The minimum absolute atomic E-state index is 0.888. The third-order valence-corrected chi connectivity index (χ3v) is 4.31. The third-order valence-electron chi connectivity index (χ3n) is 3.61. The standard InChI is InChI=1S/C17H27N5S/c1-18-17(19-11-5-6-13-23-2)20-12-7-10-16-21-14-8-3-4-9-15(14)22-16/h3-4,8-9H,5-7,10-13H2,1-2H3,(H,21,22)(H2,18,19,20). The lowest BCUT2D eigenvalue weighted by molar-refractivity contribution is 0.705. The summed E-state index contributed by atoms with van der Waals surface area (Å²) in [5.41, 5.74) is 2.15. The van der Waals surface area contributed by atoms with Gasteiger partial charge in [0.1, 0.15) is 5.82 Å². The zero-order chi connectivity index (χ0) is 16.3. The van der Waals surface area contributed by atoms with Crippen molar-refractivity contribution in [1.82, 2.24) is 20.6 Å². The molecule has 2 rings (SSSR count). The fourth-order valence-corrected chi connectivity index (χ4v) is 2.88. The van der Waals surface area contributed by atoms with E-state index < -0.39 is 0 Å². The number of nitrogens with one attached hydrogen (secondary N) is 3. The molecule has 0 unspecified atom stereocenters. The second-order valence-corrected chi connectivity index (χ2v) is 6.42. The number of hydrogen-bond acceptors (Lipinski definition) is 3. The summed E-state index contributed by atoms with van der Waals surface area (Å²) >= 11 is 1.90. The number of aliphatic imine (C=N–C) groups is 1. The Morgan fingerprint density at radius 3 is 2.70 bits per heavy atom. The minimum Gasteiger partial charge on any atom is -0.356 e. The van der Waals surface area contributed by atoms with E-state index in [1.165, 1.54) is 18.6 Å². The Hall–Kier alpha value is -1.69. The molecule has 0 aliphatic carbocycles. The number of guanidine groups is 1. The lowest BCUT2D eigenvalue weighted by Gasteiger charge is -2.11. The topological polar surface area (TPSA) is 65.1 Å². The number of imidazole rings is 1. The van der Waals surface area contributed by atoms with Gasteiger partial charge in [-0.3, -0.25) is 4.99 Å². The molecular formula is C17H27N5S. The van der Waals surface area contributed by atoms with Gasteiger partial charge in [-0.1, -0.05) is 12.1 Å². The van der Waals surface area contributed by atoms with Crippen LogP contribution in [0.5, 0.6) is 0 Å². The zero-order valence-electron chi connectivity index (χ0n) is 14.1. The molecule has 0 aliphatic heterocycles. The van der Waals surface area contributed by atoms with E-state index in [1.54, 1.807) is 0 Å². The van der Waals surface area contributed by atoms with Crippen LogP contribution in [0.15, 0.2) is 29.3 Å². The second kappa shape index (κ2) is 10.2. The van der Waals surface area contributed by atoms with Crippen LogP contribution in [0, 0.1) is 0 Å². The molecule has 6 heteroatoms. The molecule has 2 aromatic rings. The summed E-state index contributed by atoms with van der Waals surface area (Å²) in [5, 5.41) is 6.71. The smallest absolute Gasteiger partial charge is 0.190 e. The van der Waals surface area contributed by atoms with Crippen LogP contribution in [-0.2, 0) is 6.42 Å². The lowest BCUT2D eigenvalue weighted by atomic mass is 10.3. The fourth-order valence-electron chi connectivity index (χ4n) is 2.39. The monoisotopic (exact) mass is 333 g/mol. The summed E-state index contributed by atoms with van der Waals surface area (Å²) in [5.74, 6) is 3.16. The number of unbranched alkanes of at least 4 members (excludes halogenated alkanes) is 1. The molecule has 1 aromatic heterocycles. The van der Waals surface area contributed by atoms with Crippen LogP contribution in [0.4, 0.5) is 0 Å². The average molecular weight is 334 g/mol. The maximum absolute atomic E-state index is 4.60. The van der Waals surface area contributed by atoms with Gasteiger partial charge in [-0.15, -0.1) is 0 Å². The van der Waals surface area contributed by atoms with Crippen molar-refractivity contribution in [1.29, 1.82) is 0 Å². The van der Waals surface area contributed by atoms with E-state index in [9.17, 15) is 0 Å². The molecule has 0 radical (unpaired) electrons. The van der Waals surface area contributed by atoms with E-state index >= 15 is 0 Å². The van der Waals surface area contributed by atoms with E-state index in [0.717, 1.165) is 48.7 Å². The Morgan fingerprint density at radius 2 is 1.96 bits per heavy atom. The van der Waals surface area contributed by atoms with Gasteiger partial charge in [-0.2, -0.15) is 11.8 Å². The van der Waals surface area contributed by atoms with Gasteiger partial charge in [0, 0.05) is 26.6 Å². The number of aromatic nitrogens is 2. The van der Waals surface area contributed by atoms with E-state index in [-0.39, 0.29) is 0 Å². The van der Waals surface area contributed by atoms with E-state index in [4.69, 9.17) is 0 Å². The van der Waals surface area contributed by atoms with Gasteiger partial charge in [0.05, 0.1) is 11.0 Å². The quantitative estimate of drug-likeness (QED) is 0.375. The number of fused-ring (bicyclic) bond motifs is 1. The first-order valence-electron chi connectivity index (χ1n) is 8.20. The van der Waals surface area contributed by atoms with Crippen LogP contribution >= 0.6 is 11.8 Å². The molecule has 0 aliphatic rings. The molecule has 0 bridgehead atoms. The van der Waals surface area contributed by atoms with E-state index in [2.05, 4.69) is 37.9 Å². The van der Waals surface area contributed by atoms with E-state index in [1.807, 2.05) is 37.0 Å². The summed E-state index contributed by atoms with van der Waals surface area (Å²) in [4.78, 5) is 12.2. The van der Waals surface area contributed by atoms with Crippen LogP contribution in [0.3, 0.4) is 0 Å². The normalized spacial score (nSPS) is 11.8. The Balaban J connectivity index is 1.63. The molecule has 5 nitrogen and oxygen atoms in total. The number of para-hydroxylation sites is 2. The largest absolute Gasteiger partial charge is 0.356 e. The number of aromatic amines is 1. The molecular weight excluding hydrogens is 306 g/mol. The molecule has 3 N–H and O–H groups in total. The lowest BCUT2D eigenvalue weighted by Crippen LogP contribution is -2.38. The van der Waals surface area contributed by atoms with Crippen LogP contribution in [0.25, 0.3) is 11.0 Å². The zero-order valence-corrected chi connectivity index (χ0v) is 14.9. The van der Waals surface area contributed by atoms with Gasteiger partial charge in [0.25, 0.3) is 0 Å². The van der Waals surface area contributed by atoms with Crippen molar-refractivity contribution in [2.45, 2.75) is 25.7 Å². The van der Waals surface area contributed by atoms with Crippen molar-refractivity contribution in [2.24, 2.45) is 4.99 Å². The second-order valence-electron chi connectivity index (χ2n) is 5.43. The Labute approximate surface area is 142 Å². The first-order valence-corrected chi connectivity index (χ1v) is 9.60. The van der Waals surface area contributed by atoms with Crippen molar-refractivity contribution in [3.63, 3.8) is 0 Å². The molecule has 0 spiro atoms.